The molecule has 0 radical (unpaired) electrons. The Labute approximate surface area is 150 Å². The first-order valence-corrected chi connectivity index (χ1v) is 8.36. The second-order valence-corrected chi connectivity index (χ2v) is 6.17. The molecule has 0 aliphatic heterocycles. The van der Waals surface area contributed by atoms with Gasteiger partial charge in [-0.15, -0.1) is 0 Å². The van der Waals surface area contributed by atoms with E-state index in [1.165, 1.54) is 0 Å². The van der Waals surface area contributed by atoms with Crippen molar-refractivity contribution in [1.29, 1.82) is 0 Å². The summed E-state index contributed by atoms with van der Waals surface area (Å²) in [6, 6.07) is 13.5. The van der Waals surface area contributed by atoms with Gasteiger partial charge in [-0.05, 0) is 32.0 Å². The zero-order valence-corrected chi connectivity index (χ0v) is 14.6. The smallest absolute Gasteiger partial charge is 0.229 e. The van der Waals surface area contributed by atoms with Crippen molar-refractivity contribution in [2.45, 2.75) is 20.3 Å². The molecule has 0 aliphatic carbocycles. The highest BCUT2D eigenvalue weighted by Gasteiger charge is 2.15. The first kappa shape index (κ1) is 16.1. The maximum Gasteiger partial charge on any atom is 0.229 e. The number of fused-ring (bicyclic) bond motifs is 1. The molecule has 0 spiro atoms. The lowest BCUT2D eigenvalue weighted by atomic mass is 10.1. The number of nitrogens with one attached hydrogen (secondary N) is 1. The van der Waals surface area contributed by atoms with Crippen molar-refractivity contribution in [2.75, 3.05) is 5.32 Å². The topological polar surface area (TPSA) is 72.4 Å². The number of rotatable bonds is 4. The van der Waals surface area contributed by atoms with Crippen LogP contribution in [0.15, 0.2) is 59.4 Å². The highest BCUT2D eigenvalue weighted by molar-refractivity contribution is 5.96. The summed E-state index contributed by atoms with van der Waals surface area (Å²) in [5.74, 6) is 0.557. The number of nitrogens with zero attached hydrogens (tertiary/aromatic N) is 3. The number of amides is 1. The van der Waals surface area contributed by atoms with E-state index in [1.54, 1.807) is 0 Å². The van der Waals surface area contributed by atoms with Crippen molar-refractivity contribution in [1.82, 2.24) is 14.5 Å². The van der Waals surface area contributed by atoms with Crippen molar-refractivity contribution in [2.24, 2.45) is 0 Å². The highest BCUT2D eigenvalue weighted by Crippen LogP contribution is 2.27. The summed E-state index contributed by atoms with van der Waals surface area (Å²) < 4.78 is 7.09. The van der Waals surface area contributed by atoms with Crippen LogP contribution in [0.1, 0.15) is 17.0 Å². The third kappa shape index (κ3) is 2.97. The largest absolute Gasteiger partial charge is 0.361 e. The second-order valence-electron chi connectivity index (χ2n) is 6.17. The van der Waals surface area contributed by atoms with Gasteiger partial charge in [0.1, 0.15) is 11.4 Å². The van der Waals surface area contributed by atoms with Gasteiger partial charge in [0.15, 0.2) is 0 Å². The van der Waals surface area contributed by atoms with Crippen molar-refractivity contribution in [3.8, 4) is 11.3 Å². The summed E-state index contributed by atoms with van der Waals surface area (Å²) in [5.41, 5.74) is 4.85. The fourth-order valence-electron chi connectivity index (χ4n) is 2.99. The van der Waals surface area contributed by atoms with Gasteiger partial charge in [0.25, 0.3) is 0 Å². The fourth-order valence-corrected chi connectivity index (χ4v) is 2.99. The third-order valence-corrected chi connectivity index (χ3v) is 4.36. The number of carbonyl (C=O) groups is 1. The predicted octanol–water partition coefficient (Wildman–Crippen LogP) is 3.79. The summed E-state index contributed by atoms with van der Waals surface area (Å²) in [4.78, 5) is 17.2. The maximum atomic E-state index is 12.5. The van der Waals surface area contributed by atoms with Crippen LogP contribution >= 0.6 is 0 Å². The fraction of sp³-hybridized carbons (Fsp3) is 0.150. The number of aromatic nitrogens is 3. The van der Waals surface area contributed by atoms with Gasteiger partial charge in [0, 0.05) is 23.5 Å². The van der Waals surface area contributed by atoms with E-state index in [0.717, 1.165) is 33.8 Å². The van der Waals surface area contributed by atoms with Gasteiger partial charge < -0.3 is 14.2 Å². The van der Waals surface area contributed by atoms with Crippen LogP contribution in [0.4, 0.5) is 5.69 Å². The minimum atomic E-state index is -0.115. The van der Waals surface area contributed by atoms with Crippen molar-refractivity contribution in [3.05, 3.63) is 71.9 Å². The molecule has 1 aromatic carbocycles. The van der Waals surface area contributed by atoms with Crippen molar-refractivity contribution >= 4 is 17.2 Å². The maximum absolute atomic E-state index is 12.5. The molecule has 6 nitrogen and oxygen atoms in total. The van der Waals surface area contributed by atoms with E-state index >= 15 is 0 Å². The SMILES string of the molecule is Cc1noc(C)c1CC(=O)Nc1ccccc1-c1cn2ccccc2n1. The van der Waals surface area contributed by atoms with Crippen molar-refractivity contribution < 1.29 is 9.32 Å². The van der Waals surface area contributed by atoms with E-state index < -0.39 is 0 Å². The molecule has 130 valence electrons. The van der Waals surface area contributed by atoms with Gasteiger partial charge in [0.2, 0.25) is 5.91 Å². The number of aryl methyl sites for hydroxylation is 2. The number of para-hydroxylation sites is 1. The number of anilines is 1. The number of benzene rings is 1. The Balaban J connectivity index is 1.62. The lowest BCUT2D eigenvalue weighted by Gasteiger charge is -2.09. The molecule has 0 unspecified atom stereocenters. The number of hydrogen-bond acceptors (Lipinski definition) is 4. The monoisotopic (exact) mass is 346 g/mol. The van der Waals surface area contributed by atoms with Crippen LogP contribution in [0.2, 0.25) is 0 Å². The minimum Gasteiger partial charge on any atom is -0.361 e. The Morgan fingerprint density at radius 3 is 2.73 bits per heavy atom. The molecule has 0 atom stereocenters. The Bertz CT molecular complexity index is 1040. The Kier molecular flexibility index (Phi) is 4.01. The Hall–Kier alpha value is -3.41. The van der Waals surface area contributed by atoms with E-state index in [-0.39, 0.29) is 12.3 Å². The van der Waals surface area contributed by atoms with Gasteiger partial charge in [-0.2, -0.15) is 0 Å². The average Bonchev–Trinajstić information content (AvgIpc) is 3.20. The molecule has 0 fully saturated rings. The van der Waals surface area contributed by atoms with Gasteiger partial charge in [-0.1, -0.05) is 29.4 Å². The molecular weight excluding hydrogens is 328 g/mol. The summed E-state index contributed by atoms with van der Waals surface area (Å²) in [7, 11) is 0. The quantitative estimate of drug-likeness (QED) is 0.610. The average molecular weight is 346 g/mol. The predicted molar refractivity (Wildman–Crippen MR) is 98.9 cm³/mol. The van der Waals surface area contributed by atoms with E-state index in [4.69, 9.17) is 4.52 Å². The summed E-state index contributed by atoms with van der Waals surface area (Å²) in [5, 5.41) is 6.89. The number of carbonyl (C=O) groups excluding carboxylic acids is 1. The molecule has 0 saturated heterocycles. The van der Waals surface area contributed by atoms with Crippen LogP contribution in [-0.2, 0) is 11.2 Å². The van der Waals surface area contributed by atoms with Crippen LogP contribution < -0.4 is 5.32 Å². The molecule has 6 heteroatoms. The van der Waals surface area contributed by atoms with Crippen LogP contribution in [0, 0.1) is 13.8 Å². The van der Waals surface area contributed by atoms with Crippen molar-refractivity contribution in [3.63, 3.8) is 0 Å². The molecule has 3 aromatic heterocycles. The zero-order valence-electron chi connectivity index (χ0n) is 14.6. The molecule has 3 heterocycles. The molecule has 4 aromatic rings. The molecule has 1 amide bonds. The molecule has 0 saturated carbocycles. The summed E-state index contributed by atoms with van der Waals surface area (Å²) in [6.07, 6.45) is 4.12. The molecule has 0 aliphatic rings. The number of imidazole rings is 1. The molecule has 26 heavy (non-hydrogen) atoms. The normalized spacial score (nSPS) is 11.0. The van der Waals surface area contributed by atoms with Crippen LogP contribution in [0.25, 0.3) is 16.9 Å². The lowest BCUT2D eigenvalue weighted by Crippen LogP contribution is -2.15. The van der Waals surface area contributed by atoms with Gasteiger partial charge in [0.05, 0.1) is 23.5 Å². The first-order chi connectivity index (χ1) is 12.6. The van der Waals surface area contributed by atoms with Gasteiger partial charge in [-0.25, -0.2) is 4.98 Å². The van der Waals surface area contributed by atoms with Gasteiger partial charge >= 0.3 is 0 Å². The minimum absolute atomic E-state index is 0.115. The zero-order chi connectivity index (χ0) is 18.1. The van der Waals surface area contributed by atoms with Crippen LogP contribution in [-0.4, -0.2) is 20.4 Å². The van der Waals surface area contributed by atoms with E-state index in [0.29, 0.717) is 5.76 Å². The molecule has 0 bridgehead atoms. The Morgan fingerprint density at radius 2 is 1.96 bits per heavy atom. The van der Waals surface area contributed by atoms with E-state index in [9.17, 15) is 4.79 Å². The highest BCUT2D eigenvalue weighted by atomic mass is 16.5. The molecule has 1 N–H and O–H groups in total. The first-order valence-electron chi connectivity index (χ1n) is 8.36. The second kappa shape index (κ2) is 6.48. The van der Waals surface area contributed by atoms with E-state index in [2.05, 4.69) is 15.5 Å². The third-order valence-electron chi connectivity index (χ3n) is 4.36. The summed E-state index contributed by atoms with van der Waals surface area (Å²) >= 11 is 0. The molecule has 4 rings (SSSR count). The number of hydrogen-bond donors (Lipinski definition) is 1. The van der Waals surface area contributed by atoms with Crippen LogP contribution in [0.5, 0.6) is 0 Å². The number of pyridine rings is 1. The standard InChI is InChI=1S/C20H18N4O2/c1-13-16(14(2)26-23-13)11-20(25)22-17-8-4-3-7-15(17)18-12-24-10-6-5-9-19(24)21-18/h3-10,12H,11H2,1-2H3,(H,22,25). The lowest BCUT2D eigenvalue weighted by molar-refractivity contribution is -0.115. The van der Waals surface area contributed by atoms with Crippen LogP contribution in [0.3, 0.4) is 0 Å². The molecular formula is C20H18N4O2. The summed E-state index contributed by atoms with van der Waals surface area (Å²) in [6.45, 7) is 3.65. The Morgan fingerprint density at radius 1 is 1.15 bits per heavy atom. The van der Waals surface area contributed by atoms with Gasteiger partial charge in [-0.3, -0.25) is 4.79 Å². The van der Waals surface area contributed by atoms with E-state index in [1.807, 2.05) is 73.1 Å².